The highest BCUT2D eigenvalue weighted by Gasteiger charge is 2.32. The first-order chi connectivity index (χ1) is 17.6. The molecule has 3 aromatic rings. The summed E-state index contributed by atoms with van der Waals surface area (Å²) in [6.45, 7) is 5.04. The Hall–Kier alpha value is -3.58. The van der Waals surface area contributed by atoms with Crippen LogP contribution < -0.4 is 26.2 Å². The Labute approximate surface area is 212 Å². The van der Waals surface area contributed by atoms with Gasteiger partial charge >= 0.3 is 11.9 Å². The van der Waals surface area contributed by atoms with Crippen LogP contribution in [0.4, 0.5) is 5.95 Å². The van der Waals surface area contributed by atoms with E-state index in [0.717, 1.165) is 0 Å². The number of hydrogen-bond donors (Lipinski definition) is 4. The molecule has 0 spiro atoms. The van der Waals surface area contributed by atoms with Gasteiger partial charge in [-0.25, -0.2) is 20.0 Å². The van der Waals surface area contributed by atoms with E-state index in [2.05, 4.69) is 25.1 Å². The number of benzene rings is 1. The molecular weight excluding hydrogens is 505 g/mol. The Kier molecular flexibility index (Phi) is 9.53. The average Bonchev–Trinajstić information content (AvgIpc) is 3.25. The molecule has 0 saturated carbocycles. The van der Waals surface area contributed by atoms with Gasteiger partial charge in [-0.05, 0) is 32.9 Å². The zero-order chi connectivity index (χ0) is 27.0. The topological polar surface area (TPSA) is 193 Å². The normalized spacial score (nSPS) is 14.6. The third-order valence-electron chi connectivity index (χ3n) is 5.00. The molecule has 2 unspecified atom stereocenters. The van der Waals surface area contributed by atoms with Crippen molar-refractivity contribution in [3.63, 3.8) is 0 Å². The van der Waals surface area contributed by atoms with Crippen LogP contribution >= 0.6 is 7.44 Å². The van der Waals surface area contributed by atoms with Gasteiger partial charge in [0.25, 0.3) is 5.56 Å². The molecule has 3 rings (SSSR count). The highest BCUT2D eigenvalue weighted by atomic mass is 31.2. The number of H-pyrrole nitrogens is 1. The highest BCUT2D eigenvalue weighted by molar-refractivity contribution is 7.59. The Bertz CT molecular complexity index is 1330. The second kappa shape index (κ2) is 12.6. The maximum atomic E-state index is 13.7. The average molecular weight is 535 g/mol. The number of ether oxygens (including phenoxy) is 3. The number of aromatic nitrogens is 4. The smallest absolute Gasteiger partial charge is 0.328 e. The minimum atomic E-state index is -3.68. The molecule has 0 amide bonds. The lowest BCUT2D eigenvalue weighted by atomic mass is 10.3. The molecule has 14 nitrogen and oxygen atoms in total. The van der Waals surface area contributed by atoms with Gasteiger partial charge in [0.2, 0.25) is 13.4 Å². The van der Waals surface area contributed by atoms with E-state index in [4.69, 9.17) is 19.9 Å². The second-order valence-electron chi connectivity index (χ2n) is 8.03. The van der Waals surface area contributed by atoms with Crippen molar-refractivity contribution < 1.29 is 28.4 Å². The molecule has 200 valence electrons. The third kappa shape index (κ3) is 7.70. The molecule has 3 atom stereocenters. The van der Waals surface area contributed by atoms with E-state index in [-0.39, 0.29) is 43.2 Å². The van der Waals surface area contributed by atoms with Gasteiger partial charge in [0.1, 0.15) is 24.2 Å². The van der Waals surface area contributed by atoms with E-state index in [1.54, 1.807) is 41.8 Å². The van der Waals surface area contributed by atoms with Crippen molar-refractivity contribution in [1.29, 1.82) is 0 Å². The van der Waals surface area contributed by atoms with E-state index in [0.29, 0.717) is 5.75 Å². The standard InChI is InChI=1S/C22H30N7O7P/c1-4-35-20(31)14(2)27-37(33,28-15(3)21(32)36-16-8-6-5-7-9-16)13-34-11-10-29-12-24-17-18(29)25-22(23)26-19(17)30/h5-9,12,14-15H,4,10-11,13H2,1-3H3,(H2,27,28,33)(H3,23,25,26,30)/t14-,15?,37?/m0/s1. The number of para-hydroxylation sites is 1. The summed E-state index contributed by atoms with van der Waals surface area (Å²) in [5.41, 5.74) is 5.54. The first-order valence-electron chi connectivity index (χ1n) is 11.5. The molecule has 0 aliphatic carbocycles. The highest BCUT2D eigenvalue weighted by Crippen LogP contribution is 2.37. The van der Waals surface area contributed by atoms with Crippen molar-refractivity contribution >= 4 is 36.5 Å². The number of hydrogen-bond acceptors (Lipinski definition) is 10. The predicted octanol–water partition coefficient (Wildman–Crippen LogP) is 0.994. The van der Waals surface area contributed by atoms with Gasteiger partial charge in [-0.2, -0.15) is 4.98 Å². The van der Waals surface area contributed by atoms with Gasteiger partial charge in [0, 0.05) is 6.54 Å². The first kappa shape index (κ1) is 28.0. The zero-order valence-electron chi connectivity index (χ0n) is 20.7. The lowest BCUT2D eigenvalue weighted by molar-refractivity contribution is -0.144. The van der Waals surface area contributed by atoms with E-state index in [9.17, 15) is 18.9 Å². The van der Waals surface area contributed by atoms with Gasteiger partial charge in [0.15, 0.2) is 11.2 Å². The van der Waals surface area contributed by atoms with E-state index < -0.39 is 37.0 Å². The number of nitrogen functional groups attached to an aromatic ring is 1. The SMILES string of the molecule is CCOC(=O)[C@H](C)NP(=O)(COCCn1cnc2c(=O)[nH]c(N)nc21)NC(C)C(=O)Oc1ccccc1. The lowest BCUT2D eigenvalue weighted by Gasteiger charge is -2.26. The van der Waals surface area contributed by atoms with Gasteiger partial charge in [-0.15, -0.1) is 0 Å². The van der Waals surface area contributed by atoms with Crippen LogP contribution in [0, 0.1) is 0 Å². The number of carbonyl (C=O) groups excluding carboxylic acids is 2. The summed E-state index contributed by atoms with van der Waals surface area (Å²) in [5, 5.41) is 5.43. The van der Waals surface area contributed by atoms with Crippen molar-refractivity contribution in [3.8, 4) is 5.75 Å². The van der Waals surface area contributed by atoms with Crippen molar-refractivity contribution in [2.45, 2.75) is 39.4 Å². The number of aromatic amines is 1. The van der Waals surface area contributed by atoms with E-state index >= 15 is 0 Å². The number of nitrogens with zero attached hydrogens (tertiary/aromatic N) is 3. The fraction of sp³-hybridized carbons (Fsp3) is 0.409. The number of fused-ring (bicyclic) bond motifs is 1. The zero-order valence-corrected chi connectivity index (χ0v) is 21.6. The monoisotopic (exact) mass is 535 g/mol. The summed E-state index contributed by atoms with van der Waals surface area (Å²) in [6, 6.07) is 6.48. The quantitative estimate of drug-likeness (QED) is 0.105. The fourth-order valence-corrected chi connectivity index (χ4v) is 5.37. The summed E-state index contributed by atoms with van der Waals surface area (Å²) < 4.78 is 31.2. The second-order valence-corrected chi connectivity index (χ2v) is 10.3. The molecule has 2 aromatic heterocycles. The molecule has 37 heavy (non-hydrogen) atoms. The lowest BCUT2D eigenvalue weighted by Crippen LogP contribution is -2.43. The van der Waals surface area contributed by atoms with Gasteiger partial charge in [-0.1, -0.05) is 18.2 Å². The Morgan fingerprint density at radius 1 is 1.16 bits per heavy atom. The van der Waals surface area contributed by atoms with Gasteiger partial charge in [0.05, 0.1) is 19.5 Å². The molecule has 5 N–H and O–H groups in total. The molecule has 0 radical (unpaired) electrons. The Morgan fingerprint density at radius 3 is 2.51 bits per heavy atom. The number of imidazole rings is 1. The minimum absolute atomic E-state index is 0.0455. The van der Waals surface area contributed by atoms with Crippen LogP contribution in [0.15, 0.2) is 41.5 Å². The van der Waals surface area contributed by atoms with Crippen molar-refractivity contribution in [3.05, 3.63) is 47.0 Å². The molecule has 15 heteroatoms. The van der Waals surface area contributed by atoms with E-state index in [1.807, 2.05) is 0 Å². The maximum Gasteiger partial charge on any atom is 0.328 e. The van der Waals surface area contributed by atoms with Gasteiger partial charge in [-0.3, -0.25) is 19.1 Å². The molecule has 0 aliphatic rings. The van der Waals surface area contributed by atoms with Crippen molar-refractivity contribution in [2.24, 2.45) is 0 Å². The summed E-state index contributed by atoms with van der Waals surface area (Å²) >= 11 is 0. The van der Waals surface area contributed by atoms with E-state index in [1.165, 1.54) is 20.2 Å². The summed E-state index contributed by atoms with van der Waals surface area (Å²) in [5.74, 6) is -0.998. The van der Waals surface area contributed by atoms with Gasteiger partial charge < -0.3 is 24.5 Å². The summed E-state index contributed by atoms with van der Waals surface area (Å²) in [4.78, 5) is 47.1. The fourth-order valence-electron chi connectivity index (χ4n) is 3.29. The summed E-state index contributed by atoms with van der Waals surface area (Å²) in [7, 11) is -3.68. The van der Waals surface area contributed by atoms with Crippen LogP contribution in [-0.2, 0) is 30.2 Å². The molecule has 1 aromatic carbocycles. The largest absolute Gasteiger partial charge is 0.465 e. The molecule has 2 heterocycles. The molecule has 0 bridgehead atoms. The Balaban J connectivity index is 1.66. The van der Waals surface area contributed by atoms with Crippen LogP contribution in [-0.4, -0.2) is 63.1 Å². The molecule has 0 fully saturated rings. The number of anilines is 1. The number of rotatable bonds is 13. The maximum absolute atomic E-state index is 13.7. The number of carbonyl (C=O) groups is 2. The van der Waals surface area contributed by atoms with Crippen molar-refractivity contribution in [1.82, 2.24) is 29.7 Å². The van der Waals surface area contributed by atoms with Crippen LogP contribution in [0.25, 0.3) is 11.2 Å². The molecule has 0 saturated heterocycles. The molecular formula is C22H30N7O7P. The van der Waals surface area contributed by atoms with Crippen LogP contribution in [0.5, 0.6) is 5.75 Å². The van der Waals surface area contributed by atoms with Crippen LogP contribution in [0.2, 0.25) is 0 Å². The predicted molar refractivity (Wildman–Crippen MR) is 135 cm³/mol. The summed E-state index contributed by atoms with van der Waals surface area (Å²) in [6.07, 6.45) is 1.04. The van der Waals surface area contributed by atoms with Crippen molar-refractivity contribution in [2.75, 3.05) is 25.3 Å². The molecule has 0 aliphatic heterocycles. The number of nitrogens with two attached hydrogens (primary N) is 1. The minimum Gasteiger partial charge on any atom is -0.465 e. The van der Waals surface area contributed by atoms with Crippen LogP contribution in [0.1, 0.15) is 20.8 Å². The number of nitrogens with one attached hydrogen (secondary N) is 3. The third-order valence-corrected chi connectivity index (χ3v) is 7.16. The Morgan fingerprint density at radius 2 is 1.84 bits per heavy atom. The van der Waals surface area contributed by atoms with Crippen LogP contribution in [0.3, 0.4) is 0 Å². The first-order valence-corrected chi connectivity index (χ1v) is 13.4. The number of esters is 2.